The monoisotopic (exact) mass is 258 g/mol. The Kier molecular flexibility index (Phi) is 8.07. The summed E-state index contributed by atoms with van der Waals surface area (Å²) in [5.41, 5.74) is -0.0501. The maximum absolute atomic E-state index is 10.6. The van der Waals surface area contributed by atoms with Gasteiger partial charge in [-0.2, -0.15) is 13.7 Å². The van der Waals surface area contributed by atoms with Crippen LogP contribution in [0, 0.1) is 11.3 Å². The van der Waals surface area contributed by atoms with Gasteiger partial charge in [-0.25, -0.2) is 0 Å². The lowest BCUT2D eigenvalue weighted by Crippen LogP contribution is -1.99. The largest absolute Gasteiger partial charge is 0.325 e. The number of rotatable bonds is 8. The van der Waals surface area contributed by atoms with E-state index in [9.17, 15) is 8.42 Å². The van der Waals surface area contributed by atoms with Crippen LogP contribution in [0.4, 0.5) is 0 Å². The van der Waals surface area contributed by atoms with Crippen LogP contribution in [0.25, 0.3) is 0 Å². The molecule has 0 unspecified atom stereocenters. The zero-order valence-corrected chi connectivity index (χ0v) is 11.0. The predicted octanol–water partition coefficient (Wildman–Crippen LogP) is 2.37. The summed E-state index contributed by atoms with van der Waals surface area (Å²) in [6.45, 7) is 2.14. The summed E-state index contributed by atoms with van der Waals surface area (Å²) < 4.78 is 25.4. The fourth-order valence-corrected chi connectivity index (χ4v) is 1.30. The molecule has 0 saturated heterocycles. The lowest BCUT2D eigenvalue weighted by atomic mass is 10.1. The second-order valence-electron chi connectivity index (χ2n) is 3.62. The third-order valence-corrected chi connectivity index (χ3v) is 2.23. The molecule has 0 aromatic rings. The summed E-state index contributed by atoms with van der Waals surface area (Å²) in [7, 11) is -3.64. The maximum Gasteiger partial charge on any atom is 0.325 e. The molecule has 0 heterocycles. The average molecular weight is 258 g/mol. The lowest BCUT2D eigenvalue weighted by molar-refractivity contribution is 0.344. The molecule has 0 aliphatic heterocycles. The molecular formula is C11H18N2O3S. The van der Waals surface area contributed by atoms with Crippen LogP contribution in [0.2, 0.25) is 0 Å². The number of unbranched alkanes of at least 4 members (excludes halogenated alkanes) is 4. The SMILES string of the molecule is CCCCCC/C=C/C(C#N)=N/OS(C)(=O)=O. The topological polar surface area (TPSA) is 79.5 Å². The Labute approximate surface area is 103 Å². The summed E-state index contributed by atoms with van der Waals surface area (Å²) >= 11 is 0. The summed E-state index contributed by atoms with van der Waals surface area (Å²) in [4.78, 5) is 0. The van der Waals surface area contributed by atoms with E-state index in [0.717, 1.165) is 25.5 Å². The maximum atomic E-state index is 10.6. The molecule has 0 rings (SSSR count). The second-order valence-corrected chi connectivity index (χ2v) is 5.18. The van der Waals surface area contributed by atoms with Gasteiger partial charge in [0.2, 0.25) is 0 Å². The Balaban J connectivity index is 4.05. The molecule has 0 aromatic heterocycles. The molecule has 0 spiro atoms. The van der Waals surface area contributed by atoms with Gasteiger partial charge in [0, 0.05) is 0 Å². The highest BCUT2D eigenvalue weighted by atomic mass is 32.2. The smallest absolute Gasteiger partial charge is 0.267 e. The van der Waals surface area contributed by atoms with Crippen molar-refractivity contribution >= 4 is 15.8 Å². The van der Waals surface area contributed by atoms with Gasteiger partial charge in [-0.1, -0.05) is 37.4 Å². The Bertz CT molecular complexity index is 405. The fraction of sp³-hybridized carbons (Fsp3) is 0.636. The third-order valence-electron chi connectivity index (χ3n) is 1.89. The number of allylic oxidation sites excluding steroid dienone is 2. The second kappa shape index (κ2) is 8.76. The van der Waals surface area contributed by atoms with Gasteiger partial charge in [-0.05, 0) is 18.9 Å². The van der Waals surface area contributed by atoms with Crippen LogP contribution in [0.15, 0.2) is 17.3 Å². The minimum Gasteiger partial charge on any atom is -0.267 e. The predicted molar refractivity (Wildman–Crippen MR) is 66.9 cm³/mol. The molecule has 5 nitrogen and oxygen atoms in total. The Hall–Kier alpha value is -1.35. The molecule has 0 N–H and O–H groups in total. The molecular weight excluding hydrogens is 240 g/mol. The summed E-state index contributed by atoms with van der Waals surface area (Å²) in [5.74, 6) is 0. The van der Waals surface area contributed by atoms with Crippen LogP contribution in [0.5, 0.6) is 0 Å². The summed E-state index contributed by atoms with van der Waals surface area (Å²) in [5, 5.41) is 11.9. The molecule has 0 aliphatic rings. The first-order valence-corrected chi connectivity index (χ1v) is 7.34. The summed E-state index contributed by atoms with van der Waals surface area (Å²) in [6.07, 6.45) is 9.57. The van der Waals surface area contributed by atoms with E-state index >= 15 is 0 Å². The van der Waals surface area contributed by atoms with Crippen molar-refractivity contribution in [3.63, 3.8) is 0 Å². The van der Waals surface area contributed by atoms with E-state index in [1.165, 1.54) is 18.9 Å². The normalized spacial score (nSPS) is 12.6. The van der Waals surface area contributed by atoms with Crippen molar-refractivity contribution in [1.29, 1.82) is 5.26 Å². The molecule has 0 bridgehead atoms. The zero-order valence-electron chi connectivity index (χ0n) is 10.2. The molecule has 0 atom stereocenters. The van der Waals surface area contributed by atoms with Crippen molar-refractivity contribution in [3.05, 3.63) is 12.2 Å². The van der Waals surface area contributed by atoms with Crippen LogP contribution in [0.3, 0.4) is 0 Å². The molecule has 0 saturated carbocycles. The molecule has 6 heteroatoms. The van der Waals surface area contributed by atoms with E-state index in [0.29, 0.717) is 0 Å². The average Bonchev–Trinajstić information content (AvgIpc) is 2.26. The van der Waals surface area contributed by atoms with Crippen molar-refractivity contribution in [2.75, 3.05) is 6.26 Å². The van der Waals surface area contributed by atoms with E-state index in [1.807, 2.05) is 0 Å². The first-order valence-electron chi connectivity index (χ1n) is 5.53. The molecule has 17 heavy (non-hydrogen) atoms. The molecule has 0 radical (unpaired) electrons. The molecule has 0 aromatic carbocycles. The zero-order chi connectivity index (χ0) is 13.1. The van der Waals surface area contributed by atoms with Crippen LogP contribution in [0.1, 0.15) is 39.0 Å². The van der Waals surface area contributed by atoms with Crippen molar-refractivity contribution in [1.82, 2.24) is 0 Å². The molecule has 0 amide bonds. The van der Waals surface area contributed by atoms with E-state index in [4.69, 9.17) is 5.26 Å². The Morgan fingerprint density at radius 1 is 1.41 bits per heavy atom. The van der Waals surface area contributed by atoms with Gasteiger partial charge in [-0.3, -0.25) is 4.28 Å². The highest BCUT2D eigenvalue weighted by molar-refractivity contribution is 7.85. The standard InChI is InChI=1S/C11H18N2O3S/c1-3-4-5-6-7-8-9-11(10-12)13-16-17(2,14)15/h8-9H,3-7H2,1-2H3/b9-8+,13-11-. The Morgan fingerprint density at radius 3 is 2.65 bits per heavy atom. The van der Waals surface area contributed by atoms with Crippen LogP contribution < -0.4 is 0 Å². The van der Waals surface area contributed by atoms with Crippen molar-refractivity contribution in [2.24, 2.45) is 5.16 Å². The van der Waals surface area contributed by atoms with Gasteiger partial charge in [0.1, 0.15) is 6.07 Å². The van der Waals surface area contributed by atoms with Crippen LogP contribution in [-0.2, 0) is 14.4 Å². The van der Waals surface area contributed by atoms with Gasteiger partial charge < -0.3 is 0 Å². The quantitative estimate of drug-likeness (QED) is 0.380. The molecule has 0 fully saturated rings. The minimum atomic E-state index is -3.64. The number of hydrogen-bond acceptors (Lipinski definition) is 5. The first-order chi connectivity index (χ1) is 7.99. The number of nitrogens with zero attached hydrogens (tertiary/aromatic N) is 2. The van der Waals surface area contributed by atoms with Crippen molar-refractivity contribution < 1.29 is 12.7 Å². The highest BCUT2D eigenvalue weighted by Crippen LogP contribution is 2.03. The van der Waals surface area contributed by atoms with E-state index in [2.05, 4.69) is 16.4 Å². The van der Waals surface area contributed by atoms with E-state index in [-0.39, 0.29) is 5.71 Å². The highest BCUT2D eigenvalue weighted by Gasteiger charge is 2.00. The minimum absolute atomic E-state index is 0.0501. The third kappa shape index (κ3) is 10.9. The van der Waals surface area contributed by atoms with Crippen LogP contribution >= 0.6 is 0 Å². The Morgan fingerprint density at radius 2 is 2.12 bits per heavy atom. The van der Waals surface area contributed by atoms with Gasteiger partial charge in [-0.15, -0.1) is 0 Å². The molecule has 96 valence electrons. The fourth-order valence-electron chi connectivity index (χ4n) is 1.08. The molecule has 0 aliphatic carbocycles. The number of hydrogen-bond donors (Lipinski definition) is 0. The van der Waals surface area contributed by atoms with Crippen LogP contribution in [-0.4, -0.2) is 20.4 Å². The van der Waals surface area contributed by atoms with Gasteiger partial charge in [0.05, 0.1) is 6.26 Å². The van der Waals surface area contributed by atoms with Crippen molar-refractivity contribution in [2.45, 2.75) is 39.0 Å². The lowest BCUT2D eigenvalue weighted by Gasteiger charge is -1.94. The van der Waals surface area contributed by atoms with Gasteiger partial charge in [0.15, 0.2) is 5.71 Å². The van der Waals surface area contributed by atoms with E-state index < -0.39 is 10.1 Å². The first kappa shape index (κ1) is 15.7. The number of oxime groups is 1. The number of nitriles is 1. The summed E-state index contributed by atoms with van der Waals surface area (Å²) in [6, 6.07) is 1.75. The van der Waals surface area contributed by atoms with Gasteiger partial charge in [0.25, 0.3) is 0 Å². The van der Waals surface area contributed by atoms with E-state index in [1.54, 1.807) is 12.1 Å². The van der Waals surface area contributed by atoms with Gasteiger partial charge >= 0.3 is 10.1 Å². The van der Waals surface area contributed by atoms with Crippen molar-refractivity contribution in [3.8, 4) is 6.07 Å².